The number of fused-ring (bicyclic) bond motifs is 2. The zero-order valence-electron chi connectivity index (χ0n) is 21.6. The Bertz CT molecular complexity index is 1700. The lowest BCUT2D eigenvalue weighted by Crippen LogP contribution is -2.67. The van der Waals surface area contributed by atoms with Crippen molar-refractivity contribution in [2.24, 2.45) is 4.99 Å². The molecule has 38 heavy (non-hydrogen) atoms. The van der Waals surface area contributed by atoms with Crippen LogP contribution in [0.5, 0.6) is 0 Å². The summed E-state index contributed by atoms with van der Waals surface area (Å²) in [5, 5.41) is 0. The van der Waals surface area contributed by atoms with E-state index in [9.17, 15) is 9.59 Å². The van der Waals surface area contributed by atoms with Gasteiger partial charge < -0.3 is 4.90 Å². The number of amides is 2. The molecule has 8 nitrogen and oxygen atoms in total. The molecular weight excluding hydrogens is 496 g/mol. The maximum absolute atomic E-state index is 13.8. The van der Waals surface area contributed by atoms with Crippen LogP contribution in [0, 0.1) is 0 Å². The summed E-state index contributed by atoms with van der Waals surface area (Å²) < 4.78 is 2.04. The number of anilines is 1. The molecule has 2 amide bonds. The highest BCUT2D eigenvalue weighted by atomic mass is 32.1. The number of likely N-dealkylation sites (N-methyl/N-ethyl adjacent to an activating group) is 2. The molecule has 0 aliphatic carbocycles. The normalized spacial score (nSPS) is 22.5. The van der Waals surface area contributed by atoms with E-state index in [1.54, 1.807) is 23.9 Å². The number of hydrogen-bond donors (Lipinski definition) is 1. The first kappa shape index (κ1) is 24.0. The minimum absolute atomic E-state index is 0.204. The molecule has 192 valence electrons. The second-order valence-corrected chi connectivity index (χ2v) is 10.8. The third kappa shape index (κ3) is 3.18. The van der Waals surface area contributed by atoms with E-state index >= 15 is 0 Å². The minimum atomic E-state index is -1.18. The van der Waals surface area contributed by atoms with Crippen molar-refractivity contribution in [3.63, 3.8) is 0 Å². The van der Waals surface area contributed by atoms with Crippen LogP contribution < -0.4 is 25.2 Å². The number of aromatic nitrogens is 1. The number of benzene rings is 3. The number of carbonyl (C=O) groups excluding carboxylic acids is 1. The molecule has 3 heterocycles. The highest BCUT2D eigenvalue weighted by molar-refractivity contribution is 7.07. The Hall–Kier alpha value is -4.37. The van der Waals surface area contributed by atoms with Crippen molar-refractivity contribution in [3.05, 3.63) is 121 Å². The van der Waals surface area contributed by atoms with Crippen LogP contribution in [-0.4, -0.2) is 48.7 Å². The van der Waals surface area contributed by atoms with Crippen molar-refractivity contribution in [3.8, 4) is 0 Å². The highest BCUT2D eigenvalue weighted by Gasteiger charge is 2.69. The van der Waals surface area contributed by atoms with Gasteiger partial charge in [-0.2, -0.15) is 4.68 Å². The molecule has 1 N–H and O–H groups in total. The fourth-order valence-corrected chi connectivity index (χ4v) is 6.50. The van der Waals surface area contributed by atoms with E-state index in [0.29, 0.717) is 9.33 Å². The molecule has 1 aromatic heterocycles. The molecule has 9 heteroatoms. The van der Waals surface area contributed by atoms with Gasteiger partial charge >= 0.3 is 6.03 Å². The van der Waals surface area contributed by atoms with Crippen LogP contribution in [0.25, 0.3) is 6.08 Å². The molecule has 0 spiro atoms. The fraction of sp³-hybridized carbons (Fsp3) is 0.207. The van der Waals surface area contributed by atoms with Crippen LogP contribution in [0.4, 0.5) is 10.5 Å². The van der Waals surface area contributed by atoms with E-state index in [1.165, 1.54) is 16.0 Å². The minimum Gasteiger partial charge on any atom is -0.378 e. The molecule has 2 aliphatic rings. The van der Waals surface area contributed by atoms with Crippen molar-refractivity contribution in [2.75, 3.05) is 38.5 Å². The molecule has 6 rings (SSSR count). The Morgan fingerprint density at radius 3 is 2.05 bits per heavy atom. The number of nitrogens with zero attached hydrogens (tertiary/aromatic N) is 5. The van der Waals surface area contributed by atoms with Gasteiger partial charge in [0.1, 0.15) is 0 Å². The molecule has 3 aromatic carbocycles. The Kier molecular flexibility index (Phi) is 5.43. The van der Waals surface area contributed by atoms with Gasteiger partial charge in [0.25, 0.3) is 5.56 Å². The molecule has 0 bridgehead atoms. The zero-order chi connectivity index (χ0) is 26.7. The van der Waals surface area contributed by atoms with E-state index in [1.807, 2.05) is 110 Å². The standard InChI is InChI=1S/C29H28N6O2S/c1-32(2)23-17-15-20(16-18-23)19-24-25(36)35-26(38-24)30-28(21-11-7-5-8-12-21)29(31-35,22-13-9-6-10-14-22)34(4)27(37)33(28)3/h5-19,31H,1-4H3/b24-19-/t28-,29+/m1/s1. The summed E-state index contributed by atoms with van der Waals surface area (Å²) in [7, 11) is 7.50. The predicted octanol–water partition coefficient (Wildman–Crippen LogP) is 2.68. The number of hydrogen-bond acceptors (Lipinski definition) is 6. The number of nitrogens with one attached hydrogen (secondary N) is 1. The van der Waals surface area contributed by atoms with Gasteiger partial charge in [0, 0.05) is 45.0 Å². The second kappa shape index (κ2) is 8.59. The third-order valence-corrected chi connectivity index (χ3v) is 8.45. The SMILES string of the molecule is CN(C)c1ccc(/C=c2\sc3n(c2=O)N[C@@]2(c4ccccc4)N(C)C(=O)N(C)[C@@]2(c2ccccc2)N=3)cc1. The first-order valence-electron chi connectivity index (χ1n) is 12.3. The van der Waals surface area contributed by atoms with E-state index in [0.717, 1.165) is 22.4 Å². The molecule has 2 atom stereocenters. The van der Waals surface area contributed by atoms with Crippen LogP contribution in [0.15, 0.2) is 94.7 Å². The largest absolute Gasteiger partial charge is 0.378 e. The van der Waals surface area contributed by atoms with Crippen LogP contribution in [0.2, 0.25) is 0 Å². The summed E-state index contributed by atoms with van der Waals surface area (Å²) in [4.78, 5) is 38.5. The Labute approximate surface area is 224 Å². The van der Waals surface area contributed by atoms with Crippen molar-refractivity contribution < 1.29 is 4.79 Å². The molecular formula is C29H28N6O2S. The summed E-state index contributed by atoms with van der Waals surface area (Å²) in [5.74, 6) is 0. The fourth-order valence-electron chi connectivity index (χ4n) is 5.54. The van der Waals surface area contributed by atoms with E-state index in [2.05, 4.69) is 5.43 Å². The lowest BCUT2D eigenvalue weighted by atomic mass is 9.80. The predicted molar refractivity (Wildman–Crippen MR) is 150 cm³/mol. The van der Waals surface area contributed by atoms with Gasteiger partial charge in [-0.15, -0.1) is 0 Å². The van der Waals surface area contributed by atoms with E-state index in [4.69, 9.17) is 4.99 Å². The second-order valence-electron chi connectivity index (χ2n) is 9.76. The lowest BCUT2D eigenvalue weighted by Gasteiger charge is -2.49. The van der Waals surface area contributed by atoms with Crippen molar-refractivity contribution >= 4 is 29.1 Å². The topological polar surface area (TPSA) is 73.2 Å². The summed E-state index contributed by atoms with van der Waals surface area (Å²) in [5.41, 5.74) is 4.61. The van der Waals surface area contributed by atoms with Gasteiger partial charge in [-0.05, 0) is 23.8 Å². The summed E-state index contributed by atoms with van der Waals surface area (Å²) in [6, 6.07) is 27.3. The summed E-state index contributed by atoms with van der Waals surface area (Å²) in [6.45, 7) is 0. The van der Waals surface area contributed by atoms with E-state index in [-0.39, 0.29) is 11.6 Å². The van der Waals surface area contributed by atoms with E-state index < -0.39 is 11.3 Å². The highest BCUT2D eigenvalue weighted by Crippen LogP contribution is 2.53. The Morgan fingerprint density at radius 1 is 0.842 bits per heavy atom. The average Bonchev–Trinajstić information content (AvgIpc) is 3.33. The quantitative estimate of drug-likeness (QED) is 0.446. The van der Waals surface area contributed by atoms with Gasteiger partial charge in [-0.1, -0.05) is 84.1 Å². The molecule has 0 unspecified atom stereocenters. The van der Waals surface area contributed by atoms with Gasteiger partial charge in [0.15, 0.2) is 0 Å². The monoisotopic (exact) mass is 524 g/mol. The summed E-state index contributed by atoms with van der Waals surface area (Å²) >= 11 is 1.31. The maximum atomic E-state index is 13.8. The van der Waals surface area contributed by atoms with Gasteiger partial charge in [0.2, 0.25) is 16.1 Å². The third-order valence-electron chi connectivity index (χ3n) is 7.48. The number of urea groups is 1. The van der Waals surface area contributed by atoms with Crippen LogP contribution in [0.1, 0.15) is 16.7 Å². The molecule has 2 aliphatic heterocycles. The van der Waals surface area contributed by atoms with Gasteiger partial charge in [-0.3, -0.25) is 20.0 Å². The number of rotatable bonds is 4. The summed E-state index contributed by atoms with van der Waals surface area (Å²) in [6.07, 6.45) is 1.88. The van der Waals surface area contributed by atoms with Crippen LogP contribution in [0.3, 0.4) is 0 Å². The smallest absolute Gasteiger partial charge is 0.324 e. The van der Waals surface area contributed by atoms with Gasteiger partial charge in [0.05, 0.1) is 4.53 Å². The Balaban J connectivity index is 1.64. The van der Waals surface area contributed by atoms with Gasteiger partial charge in [-0.25, -0.2) is 9.79 Å². The number of thiazole rings is 1. The Morgan fingerprint density at radius 2 is 1.45 bits per heavy atom. The van der Waals surface area contributed by atoms with Crippen molar-refractivity contribution in [1.29, 1.82) is 0 Å². The first-order chi connectivity index (χ1) is 18.3. The van der Waals surface area contributed by atoms with Crippen molar-refractivity contribution in [2.45, 2.75) is 11.3 Å². The zero-order valence-corrected chi connectivity index (χ0v) is 22.4. The maximum Gasteiger partial charge on any atom is 0.324 e. The average molecular weight is 525 g/mol. The molecule has 4 aromatic rings. The van der Waals surface area contributed by atoms with Crippen LogP contribution >= 0.6 is 11.3 Å². The molecule has 0 radical (unpaired) electrons. The lowest BCUT2D eigenvalue weighted by molar-refractivity contribution is 0.0648. The van der Waals surface area contributed by atoms with Crippen molar-refractivity contribution in [1.82, 2.24) is 14.5 Å². The first-order valence-corrected chi connectivity index (χ1v) is 13.1. The molecule has 1 fully saturated rings. The molecule has 0 saturated carbocycles. The molecule has 1 saturated heterocycles. The number of carbonyl (C=O) groups is 1. The van der Waals surface area contributed by atoms with Crippen LogP contribution in [-0.2, 0) is 11.3 Å².